The van der Waals surface area contributed by atoms with Gasteiger partial charge in [-0.05, 0) is 25.5 Å². The molecule has 4 N–H and O–H groups in total. The lowest BCUT2D eigenvalue weighted by Gasteiger charge is -2.26. The molecule has 12 heteroatoms. The van der Waals surface area contributed by atoms with Crippen LogP contribution in [0.2, 0.25) is 0 Å². The molecule has 4 rings (SSSR count). The number of rotatable bonds is 4. The number of nitrogens with two attached hydrogens (primary N) is 2. The van der Waals surface area contributed by atoms with Gasteiger partial charge in [-0.2, -0.15) is 23.4 Å². The number of methoxy groups -OCH3 is 1. The van der Waals surface area contributed by atoms with Gasteiger partial charge < -0.3 is 16.2 Å². The molecule has 0 aliphatic carbocycles. The molecular weight excluding hydrogens is 427 g/mol. The van der Waals surface area contributed by atoms with Gasteiger partial charge in [0.25, 0.3) is 5.91 Å². The van der Waals surface area contributed by atoms with Gasteiger partial charge in [0.1, 0.15) is 22.6 Å². The van der Waals surface area contributed by atoms with E-state index in [0.29, 0.717) is 17.0 Å². The van der Waals surface area contributed by atoms with Crippen molar-refractivity contribution in [2.75, 3.05) is 19.4 Å². The maximum absolute atomic E-state index is 13.9. The van der Waals surface area contributed by atoms with E-state index in [1.165, 1.54) is 11.7 Å². The molecule has 168 valence electrons. The van der Waals surface area contributed by atoms with Crippen molar-refractivity contribution in [3.8, 4) is 11.4 Å². The van der Waals surface area contributed by atoms with Crippen LogP contribution in [-0.4, -0.2) is 40.3 Å². The predicted octanol–water partition coefficient (Wildman–Crippen LogP) is 3.34. The molecule has 3 heterocycles. The van der Waals surface area contributed by atoms with Crippen molar-refractivity contribution in [2.45, 2.75) is 32.0 Å². The minimum atomic E-state index is -4.75. The van der Waals surface area contributed by atoms with Crippen molar-refractivity contribution >= 4 is 22.9 Å². The quantitative estimate of drug-likeness (QED) is 0.633. The van der Waals surface area contributed by atoms with Crippen LogP contribution in [0, 0.1) is 13.8 Å². The molecule has 1 aliphatic rings. The summed E-state index contributed by atoms with van der Waals surface area (Å²) in [6.45, 7) is 3.50. The molecule has 3 aromatic rings. The Morgan fingerprint density at radius 1 is 1.28 bits per heavy atom. The Kier molecular flexibility index (Phi) is 4.83. The fourth-order valence-electron chi connectivity index (χ4n) is 4.07. The first-order valence-corrected chi connectivity index (χ1v) is 9.60. The van der Waals surface area contributed by atoms with Crippen LogP contribution in [0.25, 0.3) is 16.9 Å². The molecule has 0 bridgehead atoms. The first-order chi connectivity index (χ1) is 15.0. The van der Waals surface area contributed by atoms with E-state index in [1.54, 1.807) is 19.1 Å². The van der Waals surface area contributed by atoms with E-state index in [4.69, 9.17) is 16.2 Å². The Balaban J connectivity index is 2.07. The number of nitrogens with zero attached hydrogens (tertiary/aromatic N) is 5. The van der Waals surface area contributed by atoms with Crippen molar-refractivity contribution in [3.05, 3.63) is 40.7 Å². The molecule has 0 saturated heterocycles. The first-order valence-electron chi connectivity index (χ1n) is 9.60. The van der Waals surface area contributed by atoms with Gasteiger partial charge in [-0.1, -0.05) is 6.07 Å². The number of aromatic nitrogens is 3. The number of aryl methyl sites for hydroxylation is 1. The number of benzene rings is 1. The van der Waals surface area contributed by atoms with Gasteiger partial charge in [-0.15, -0.1) is 0 Å². The van der Waals surface area contributed by atoms with Crippen molar-refractivity contribution in [3.63, 3.8) is 0 Å². The van der Waals surface area contributed by atoms with Crippen LogP contribution in [0.5, 0.6) is 5.75 Å². The van der Waals surface area contributed by atoms with E-state index >= 15 is 0 Å². The van der Waals surface area contributed by atoms with Gasteiger partial charge in [0.2, 0.25) is 5.54 Å². The largest absolute Gasteiger partial charge is 0.496 e. The first kappa shape index (κ1) is 21.5. The Hall–Kier alpha value is -3.70. The Bertz CT molecular complexity index is 1280. The van der Waals surface area contributed by atoms with Gasteiger partial charge >= 0.3 is 6.18 Å². The van der Waals surface area contributed by atoms with Crippen LogP contribution in [0.1, 0.15) is 33.6 Å². The highest BCUT2D eigenvalue weighted by atomic mass is 19.4. The number of azo groups is 1. The summed E-state index contributed by atoms with van der Waals surface area (Å²) in [7, 11) is 1.51. The topological polar surface area (TPSA) is 134 Å². The number of nitrogen functional groups attached to an aromatic ring is 1. The van der Waals surface area contributed by atoms with E-state index in [1.807, 2.05) is 6.92 Å². The third kappa shape index (κ3) is 2.89. The minimum Gasteiger partial charge on any atom is -0.496 e. The molecule has 32 heavy (non-hydrogen) atoms. The third-order valence-corrected chi connectivity index (χ3v) is 5.68. The summed E-state index contributed by atoms with van der Waals surface area (Å²) in [5.41, 5.74) is 10.5. The Labute approximate surface area is 180 Å². The zero-order valence-corrected chi connectivity index (χ0v) is 17.5. The Morgan fingerprint density at radius 2 is 2.00 bits per heavy atom. The second kappa shape index (κ2) is 7.18. The van der Waals surface area contributed by atoms with Gasteiger partial charge in [-0.25, -0.2) is 9.97 Å². The second-order valence-electron chi connectivity index (χ2n) is 7.52. The maximum atomic E-state index is 13.9. The molecule has 0 fully saturated rings. The highest BCUT2D eigenvalue weighted by Crippen LogP contribution is 2.47. The van der Waals surface area contributed by atoms with Crippen LogP contribution >= 0.6 is 0 Å². The molecule has 9 nitrogen and oxygen atoms in total. The van der Waals surface area contributed by atoms with Crippen LogP contribution in [0.4, 0.5) is 19.0 Å². The summed E-state index contributed by atoms with van der Waals surface area (Å²) in [4.78, 5) is 20.6. The normalized spacial score (nSPS) is 18.4. The summed E-state index contributed by atoms with van der Waals surface area (Å²) in [6.07, 6.45) is -4.17. The molecule has 0 spiro atoms. The molecule has 0 saturated carbocycles. The van der Waals surface area contributed by atoms with Crippen molar-refractivity contribution in [2.24, 2.45) is 16.0 Å². The molecule has 0 radical (unpaired) electrons. The van der Waals surface area contributed by atoms with Crippen LogP contribution in [0.15, 0.2) is 28.6 Å². The highest BCUT2D eigenvalue weighted by molar-refractivity contribution is 6.09. The molecule has 1 atom stereocenters. The number of fused-ring (bicyclic) bond motifs is 1. The van der Waals surface area contributed by atoms with E-state index in [9.17, 15) is 18.0 Å². The fraction of sp³-hybridized carbons (Fsp3) is 0.350. The lowest BCUT2D eigenvalue weighted by Crippen LogP contribution is -2.40. The van der Waals surface area contributed by atoms with Crippen molar-refractivity contribution in [1.82, 2.24) is 14.5 Å². The predicted molar refractivity (Wildman–Crippen MR) is 110 cm³/mol. The van der Waals surface area contributed by atoms with Gasteiger partial charge in [0, 0.05) is 12.0 Å². The molecular formula is C20H20F3N7O2. The number of alkyl halides is 3. The van der Waals surface area contributed by atoms with E-state index in [2.05, 4.69) is 20.2 Å². The molecule has 1 amide bonds. The monoisotopic (exact) mass is 447 g/mol. The number of hydrogen-bond acceptors (Lipinski definition) is 7. The molecule has 1 unspecified atom stereocenters. The van der Waals surface area contributed by atoms with Gasteiger partial charge in [0.15, 0.2) is 5.65 Å². The summed E-state index contributed by atoms with van der Waals surface area (Å²) >= 11 is 0. The number of ether oxygens (including phenoxy) is 1. The standard InChI is InChI=1S/C20H20F3N7O2/c1-9-4-5-11(32-3)10(2)15(9)30-16(24)13(17(25)31)14-18(30)26-8-12(28-14)19(20(21,22)23)6-7-27-29-19/h4-5,8H,6-7,24H2,1-3H3,(H2,25,31). The number of amides is 1. The van der Waals surface area contributed by atoms with Crippen LogP contribution < -0.4 is 16.2 Å². The second-order valence-corrected chi connectivity index (χ2v) is 7.52. The number of carbonyl (C=O) groups is 1. The zero-order valence-electron chi connectivity index (χ0n) is 17.5. The lowest BCUT2D eigenvalue weighted by atomic mass is 9.92. The smallest absolute Gasteiger partial charge is 0.421 e. The highest BCUT2D eigenvalue weighted by Gasteiger charge is 2.59. The third-order valence-electron chi connectivity index (χ3n) is 5.68. The van der Waals surface area contributed by atoms with E-state index in [0.717, 1.165) is 11.8 Å². The summed E-state index contributed by atoms with van der Waals surface area (Å²) in [5, 5.41) is 6.99. The summed E-state index contributed by atoms with van der Waals surface area (Å²) < 4.78 is 48.7. The number of carbonyl (C=O) groups excluding carboxylic acids is 1. The number of hydrogen-bond donors (Lipinski definition) is 2. The van der Waals surface area contributed by atoms with Crippen molar-refractivity contribution < 1.29 is 22.7 Å². The number of anilines is 1. The average molecular weight is 447 g/mol. The van der Waals surface area contributed by atoms with Gasteiger partial charge in [-0.3, -0.25) is 9.36 Å². The SMILES string of the molecule is COc1ccc(C)c(-n2c(N)c(C(N)=O)c3nc(C4(C(F)(F)F)CCN=N4)cnc32)c1C. The zero-order chi connectivity index (χ0) is 23.4. The average Bonchev–Trinajstić information content (AvgIpc) is 3.32. The van der Waals surface area contributed by atoms with Crippen LogP contribution in [0.3, 0.4) is 0 Å². The molecule has 1 aromatic carbocycles. The van der Waals surface area contributed by atoms with E-state index < -0.39 is 29.7 Å². The lowest BCUT2D eigenvalue weighted by molar-refractivity contribution is -0.189. The maximum Gasteiger partial charge on any atom is 0.421 e. The summed E-state index contributed by atoms with van der Waals surface area (Å²) in [6, 6.07) is 3.56. The Morgan fingerprint density at radius 3 is 2.56 bits per heavy atom. The van der Waals surface area contributed by atoms with Crippen molar-refractivity contribution in [1.29, 1.82) is 0 Å². The van der Waals surface area contributed by atoms with E-state index in [-0.39, 0.29) is 29.1 Å². The fourth-order valence-corrected chi connectivity index (χ4v) is 4.07. The molecule has 1 aliphatic heterocycles. The number of primary amides is 1. The summed E-state index contributed by atoms with van der Waals surface area (Å²) in [5.74, 6) is -0.470. The van der Waals surface area contributed by atoms with Gasteiger partial charge in [0.05, 0.1) is 31.2 Å². The number of halogens is 3. The van der Waals surface area contributed by atoms with Crippen LogP contribution in [-0.2, 0) is 5.54 Å². The molecule has 2 aromatic heterocycles. The minimum absolute atomic E-state index is 0.0850.